The van der Waals surface area contributed by atoms with Crippen LogP contribution in [-0.4, -0.2) is 22.4 Å². The summed E-state index contributed by atoms with van der Waals surface area (Å²) >= 11 is 0. The fourth-order valence-corrected chi connectivity index (χ4v) is 1.75. The van der Waals surface area contributed by atoms with Gasteiger partial charge in [-0.3, -0.25) is 4.79 Å². The molecule has 0 unspecified atom stereocenters. The molecule has 0 bridgehead atoms. The van der Waals surface area contributed by atoms with Crippen molar-refractivity contribution in [3.8, 4) is 0 Å². The normalized spacial score (nSPS) is 10.5. The van der Waals surface area contributed by atoms with Gasteiger partial charge in [-0.1, -0.05) is 0 Å². The minimum Gasteiger partial charge on any atom is -0.350 e. The van der Waals surface area contributed by atoms with Gasteiger partial charge in [-0.05, 0) is 31.0 Å². The molecule has 0 radical (unpaired) electrons. The molecular formula is C13H13F2N3O. The van der Waals surface area contributed by atoms with Crippen LogP contribution >= 0.6 is 0 Å². The zero-order valence-corrected chi connectivity index (χ0v) is 10.3. The molecule has 1 amide bonds. The maximum Gasteiger partial charge on any atom is 0.271 e. The van der Waals surface area contributed by atoms with Crippen LogP contribution in [0.15, 0.2) is 24.5 Å². The van der Waals surface area contributed by atoms with Crippen LogP contribution < -0.4 is 5.32 Å². The number of amides is 1. The Balaban J connectivity index is 1.90. The quantitative estimate of drug-likeness (QED) is 0.888. The largest absolute Gasteiger partial charge is 0.350 e. The number of rotatable bonds is 4. The smallest absolute Gasteiger partial charge is 0.271 e. The fraction of sp³-hybridized carbons (Fsp3) is 0.231. The molecule has 1 heterocycles. The van der Waals surface area contributed by atoms with E-state index in [-0.39, 0.29) is 12.5 Å². The molecule has 19 heavy (non-hydrogen) atoms. The first-order valence-electron chi connectivity index (χ1n) is 5.79. The highest BCUT2D eigenvalue weighted by Gasteiger charge is 2.10. The second-order valence-electron chi connectivity index (χ2n) is 4.16. The Morgan fingerprint density at radius 1 is 1.32 bits per heavy atom. The lowest BCUT2D eigenvalue weighted by atomic mass is 10.1. The third-order valence-electron chi connectivity index (χ3n) is 2.67. The molecule has 2 aromatic rings. The van der Waals surface area contributed by atoms with Crippen molar-refractivity contribution in [2.45, 2.75) is 13.3 Å². The predicted octanol–water partition coefficient (Wildman–Crippen LogP) is 1.97. The zero-order valence-electron chi connectivity index (χ0n) is 10.3. The van der Waals surface area contributed by atoms with E-state index in [1.54, 1.807) is 6.92 Å². The summed E-state index contributed by atoms with van der Waals surface area (Å²) in [5, 5.41) is 2.65. The Morgan fingerprint density at radius 2 is 2.00 bits per heavy atom. The summed E-state index contributed by atoms with van der Waals surface area (Å²) in [6.45, 7) is 2.03. The van der Waals surface area contributed by atoms with Crippen LogP contribution in [0.4, 0.5) is 8.78 Å². The van der Waals surface area contributed by atoms with Crippen LogP contribution in [0.2, 0.25) is 0 Å². The van der Waals surface area contributed by atoms with E-state index < -0.39 is 11.6 Å². The van der Waals surface area contributed by atoms with Crippen molar-refractivity contribution in [3.05, 3.63) is 53.1 Å². The summed E-state index contributed by atoms with van der Waals surface area (Å²) in [4.78, 5) is 18.4. The predicted molar refractivity (Wildman–Crippen MR) is 65.7 cm³/mol. The maximum absolute atomic E-state index is 12.9. The lowest BCUT2D eigenvalue weighted by molar-refractivity contribution is 0.0949. The van der Waals surface area contributed by atoms with Gasteiger partial charge in [-0.2, -0.15) is 0 Å². The van der Waals surface area contributed by atoms with E-state index in [2.05, 4.69) is 15.3 Å². The first-order chi connectivity index (χ1) is 9.06. The van der Waals surface area contributed by atoms with Gasteiger partial charge in [0.2, 0.25) is 0 Å². The number of aromatic nitrogens is 2. The molecule has 100 valence electrons. The summed E-state index contributed by atoms with van der Waals surface area (Å²) < 4.78 is 25.9. The topological polar surface area (TPSA) is 57.8 Å². The second kappa shape index (κ2) is 5.60. The first-order valence-corrected chi connectivity index (χ1v) is 5.79. The molecule has 0 spiro atoms. The Kier molecular flexibility index (Phi) is 3.89. The molecule has 0 fully saturated rings. The van der Waals surface area contributed by atoms with Crippen LogP contribution in [-0.2, 0) is 6.42 Å². The monoisotopic (exact) mass is 265 g/mol. The van der Waals surface area contributed by atoms with Crippen molar-refractivity contribution in [1.82, 2.24) is 15.3 Å². The third-order valence-corrected chi connectivity index (χ3v) is 2.67. The van der Waals surface area contributed by atoms with E-state index in [9.17, 15) is 13.6 Å². The second-order valence-corrected chi connectivity index (χ2v) is 4.16. The van der Waals surface area contributed by atoms with Gasteiger partial charge in [-0.15, -0.1) is 0 Å². The van der Waals surface area contributed by atoms with E-state index in [0.29, 0.717) is 23.4 Å². The summed E-state index contributed by atoms with van der Waals surface area (Å²) in [5.41, 5.74) is 1.50. The van der Waals surface area contributed by atoms with Gasteiger partial charge in [0.1, 0.15) is 17.3 Å². The average molecular weight is 265 g/mol. The van der Waals surface area contributed by atoms with Crippen molar-refractivity contribution in [3.63, 3.8) is 0 Å². The van der Waals surface area contributed by atoms with Crippen LogP contribution in [0.1, 0.15) is 21.7 Å². The van der Waals surface area contributed by atoms with E-state index >= 15 is 0 Å². The molecule has 0 atom stereocenters. The molecule has 2 N–H and O–H groups in total. The van der Waals surface area contributed by atoms with Crippen LogP contribution in [0.5, 0.6) is 0 Å². The number of hydrogen-bond donors (Lipinski definition) is 2. The highest BCUT2D eigenvalue weighted by Crippen LogP contribution is 2.08. The fourth-order valence-electron chi connectivity index (χ4n) is 1.75. The van der Waals surface area contributed by atoms with E-state index in [1.807, 2.05) is 0 Å². The van der Waals surface area contributed by atoms with Gasteiger partial charge in [0.15, 0.2) is 0 Å². The summed E-state index contributed by atoms with van der Waals surface area (Å²) in [7, 11) is 0. The number of aryl methyl sites for hydroxylation is 1. The van der Waals surface area contributed by atoms with Crippen molar-refractivity contribution in [2.24, 2.45) is 0 Å². The van der Waals surface area contributed by atoms with E-state index in [1.165, 1.54) is 18.5 Å². The number of hydrogen-bond acceptors (Lipinski definition) is 2. The zero-order chi connectivity index (χ0) is 13.8. The molecular weight excluding hydrogens is 252 g/mol. The van der Waals surface area contributed by atoms with Gasteiger partial charge in [0.05, 0.1) is 6.33 Å². The lowest BCUT2D eigenvalue weighted by Crippen LogP contribution is -2.26. The number of nitrogens with one attached hydrogen (secondary N) is 2. The SMILES string of the molecule is Cc1[nH]cnc1C(=O)NCCc1cc(F)cc(F)c1. The van der Waals surface area contributed by atoms with Crippen LogP contribution in [0, 0.1) is 18.6 Å². The van der Waals surface area contributed by atoms with Gasteiger partial charge >= 0.3 is 0 Å². The number of benzene rings is 1. The number of halogens is 2. The van der Waals surface area contributed by atoms with Crippen molar-refractivity contribution in [2.75, 3.05) is 6.54 Å². The lowest BCUT2D eigenvalue weighted by Gasteiger charge is -2.05. The summed E-state index contributed by atoms with van der Waals surface area (Å²) in [5.74, 6) is -1.55. The summed E-state index contributed by atoms with van der Waals surface area (Å²) in [6, 6.07) is 3.30. The number of aromatic amines is 1. The number of carbonyl (C=O) groups is 1. The molecule has 6 heteroatoms. The Bertz CT molecular complexity index is 575. The molecule has 2 rings (SSSR count). The minimum absolute atomic E-state index is 0.286. The van der Waals surface area contributed by atoms with Crippen molar-refractivity contribution in [1.29, 1.82) is 0 Å². The number of H-pyrrole nitrogens is 1. The van der Waals surface area contributed by atoms with Crippen molar-refractivity contribution >= 4 is 5.91 Å². The van der Waals surface area contributed by atoms with Crippen LogP contribution in [0.3, 0.4) is 0 Å². The molecule has 4 nitrogen and oxygen atoms in total. The molecule has 0 saturated heterocycles. The highest BCUT2D eigenvalue weighted by molar-refractivity contribution is 5.93. The van der Waals surface area contributed by atoms with Crippen LogP contribution in [0.25, 0.3) is 0 Å². The Morgan fingerprint density at radius 3 is 2.58 bits per heavy atom. The molecule has 0 saturated carbocycles. The van der Waals surface area contributed by atoms with Gasteiger partial charge in [0.25, 0.3) is 5.91 Å². The van der Waals surface area contributed by atoms with Crippen molar-refractivity contribution < 1.29 is 13.6 Å². The third kappa shape index (κ3) is 3.37. The number of carbonyl (C=O) groups excluding carboxylic acids is 1. The average Bonchev–Trinajstić information content (AvgIpc) is 2.74. The van der Waals surface area contributed by atoms with Gasteiger partial charge < -0.3 is 10.3 Å². The standard InChI is InChI=1S/C13H13F2N3O/c1-8-12(18-7-17-8)13(19)16-3-2-9-4-10(14)6-11(15)5-9/h4-7H,2-3H2,1H3,(H,16,19)(H,17,18). The molecule has 1 aromatic carbocycles. The molecule has 1 aromatic heterocycles. The molecule has 0 aliphatic carbocycles. The van der Waals surface area contributed by atoms with Gasteiger partial charge in [-0.25, -0.2) is 13.8 Å². The van der Waals surface area contributed by atoms with Gasteiger partial charge in [0, 0.05) is 18.3 Å². The summed E-state index contributed by atoms with van der Waals surface area (Å²) in [6.07, 6.45) is 1.79. The Labute approximate surface area is 108 Å². The molecule has 0 aliphatic heterocycles. The number of imidazole rings is 1. The Hall–Kier alpha value is -2.24. The van der Waals surface area contributed by atoms with E-state index in [4.69, 9.17) is 0 Å². The highest BCUT2D eigenvalue weighted by atomic mass is 19.1. The van der Waals surface area contributed by atoms with E-state index in [0.717, 1.165) is 6.07 Å². The first kappa shape index (κ1) is 13.2. The minimum atomic E-state index is -0.621. The maximum atomic E-state index is 12.9. The number of nitrogens with zero attached hydrogens (tertiary/aromatic N) is 1. The molecule has 0 aliphatic rings.